The van der Waals surface area contributed by atoms with Gasteiger partial charge in [0.05, 0.1) is 12.3 Å². The molecule has 0 aliphatic rings. The smallest absolute Gasteiger partial charge is 0.312 e. The fourth-order valence-corrected chi connectivity index (χ4v) is 4.55. The molecular weight excluding hydrogens is 594 g/mol. The van der Waals surface area contributed by atoms with Crippen LogP contribution in [0.5, 0.6) is 5.75 Å². The first kappa shape index (κ1) is 34.9. The molecule has 14 nitrogen and oxygen atoms in total. The maximum absolute atomic E-state index is 13.7. The van der Waals surface area contributed by atoms with Crippen LogP contribution in [-0.4, -0.2) is 59.4 Å². The van der Waals surface area contributed by atoms with Crippen LogP contribution in [0.3, 0.4) is 0 Å². The lowest BCUT2D eigenvalue weighted by Gasteiger charge is -2.26. The number of benzene rings is 2. The predicted molar refractivity (Wildman–Crippen MR) is 169 cm³/mol. The number of amides is 6. The Morgan fingerprint density at radius 1 is 0.783 bits per heavy atom. The van der Waals surface area contributed by atoms with Crippen LogP contribution in [0.2, 0.25) is 0 Å². The zero-order valence-corrected chi connectivity index (χ0v) is 25.1. The van der Waals surface area contributed by atoms with Crippen molar-refractivity contribution in [3.05, 3.63) is 102 Å². The van der Waals surface area contributed by atoms with E-state index in [9.17, 15) is 29.1 Å². The molecule has 1 aromatic heterocycles. The van der Waals surface area contributed by atoms with E-state index in [0.29, 0.717) is 11.1 Å². The molecular formula is C32H39N7O7. The minimum atomic E-state index is -1.18. The topological polar surface area (TPSA) is 245 Å². The van der Waals surface area contributed by atoms with Crippen molar-refractivity contribution in [2.24, 2.45) is 17.2 Å². The third kappa shape index (κ3) is 10.8. The van der Waals surface area contributed by atoms with Crippen LogP contribution in [0, 0.1) is 0 Å². The molecule has 0 aliphatic heterocycles. The molecule has 14 heteroatoms. The summed E-state index contributed by atoms with van der Waals surface area (Å²) in [4.78, 5) is 63.6. The Balaban J connectivity index is 1.82. The van der Waals surface area contributed by atoms with Crippen LogP contribution in [0.4, 0.5) is 4.79 Å². The summed E-state index contributed by atoms with van der Waals surface area (Å²) in [6.45, 7) is 3.81. The highest BCUT2D eigenvalue weighted by atomic mass is 16.3. The minimum absolute atomic E-state index is 0.0522. The summed E-state index contributed by atoms with van der Waals surface area (Å²) in [5.41, 5.74) is 18.0. The van der Waals surface area contributed by atoms with Gasteiger partial charge >= 0.3 is 6.03 Å². The van der Waals surface area contributed by atoms with Crippen LogP contribution in [0.15, 0.2) is 89.6 Å². The normalized spacial score (nSPS) is 13.3. The Bertz CT molecular complexity index is 1490. The van der Waals surface area contributed by atoms with Crippen molar-refractivity contribution < 1.29 is 33.5 Å². The number of hydrogen-bond acceptors (Lipinski definition) is 8. The molecule has 3 rings (SSSR count). The number of rotatable bonds is 17. The summed E-state index contributed by atoms with van der Waals surface area (Å²) in [5.74, 6) is -2.59. The highest BCUT2D eigenvalue weighted by molar-refractivity contribution is 5.96. The summed E-state index contributed by atoms with van der Waals surface area (Å²) >= 11 is 0. The first-order chi connectivity index (χ1) is 21.9. The molecule has 0 fully saturated rings. The van der Waals surface area contributed by atoms with Crippen molar-refractivity contribution in [2.75, 3.05) is 6.54 Å². The average Bonchev–Trinajstić information content (AvgIpc) is 3.56. The number of nitrogens with one attached hydrogen (secondary N) is 4. The van der Waals surface area contributed by atoms with Gasteiger partial charge in [0.1, 0.15) is 29.6 Å². The number of phenols is 1. The molecule has 2 aromatic carbocycles. The van der Waals surface area contributed by atoms with Gasteiger partial charge in [0, 0.05) is 18.5 Å². The van der Waals surface area contributed by atoms with E-state index < -0.39 is 53.8 Å². The third-order valence-electron chi connectivity index (χ3n) is 7.03. The molecule has 6 amide bonds. The maximum Gasteiger partial charge on any atom is 0.312 e. The van der Waals surface area contributed by atoms with Crippen LogP contribution >= 0.6 is 0 Å². The van der Waals surface area contributed by atoms with Gasteiger partial charge in [-0.1, -0.05) is 49.0 Å². The van der Waals surface area contributed by atoms with Gasteiger partial charge in [-0.25, -0.2) is 4.79 Å². The first-order valence-electron chi connectivity index (χ1n) is 14.5. The molecule has 0 radical (unpaired) electrons. The summed E-state index contributed by atoms with van der Waals surface area (Å²) in [6.07, 6.45) is 1.86. The molecule has 0 saturated heterocycles. The molecule has 244 valence electrons. The number of nitrogens with two attached hydrogens (primary N) is 3. The monoisotopic (exact) mass is 633 g/mol. The second kappa shape index (κ2) is 17.0. The lowest BCUT2D eigenvalue weighted by Crippen LogP contribution is -2.57. The molecule has 3 aromatic rings. The number of furan rings is 1. The Kier molecular flexibility index (Phi) is 12.9. The van der Waals surface area contributed by atoms with Gasteiger partial charge in [-0.2, -0.15) is 0 Å². The van der Waals surface area contributed by atoms with Gasteiger partial charge < -0.3 is 48.0 Å². The zero-order chi connectivity index (χ0) is 33.6. The SMILES string of the molecule is C=C(C(N)=O)[C@@H](NC(=O)[C@H](Cc1ccccc1)NC(=O)[C@@H](CCCNC(N)=O)NC(=O)[C@@H](N)Cc1ccc(O)cc1)c1ccco1. The Morgan fingerprint density at radius 2 is 1.41 bits per heavy atom. The molecule has 0 spiro atoms. The third-order valence-corrected chi connectivity index (χ3v) is 7.03. The summed E-state index contributed by atoms with van der Waals surface area (Å²) < 4.78 is 5.39. The number of carbonyl (C=O) groups is 5. The predicted octanol–water partition coefficient (Wildman–Crippen LogP) is 0.415. The standard InChI is InChI=1S/C32H39N7O7/c1-19(28(34)41)27(26-10-6-16-46-26)39-31(44)25(18-20-7-3-2-4-8-20)38-30(43)24(9-5-15-36-32(35)45)37-29(42)23(33)17-21-11-13-22(40)14-12-21/h2-4,6-8,10-14,16,23-25,27,40H,1,5,9,15,17-18,33H2,(H2,34,41)(H,37,42)(H,38,43)(H,39,44)(H3,35,36,45)/t23-,24+,25-,27+/m0/s1. The van der Waals surface area contributed by atoms with E-state index in [1.54, 1.807) is 48.5 Å². The van der Waals surface area contributed by atoms with E-state index in [-0.39, 0.29) is 49.3 Å². The van der Waals surface area contributed by atoms with E-state index in [0.717, 1.165) is 0 Å². The highest BCUT2D eigenvalue weighted by Crippen LogP contribution is 2.21. The lowest BCUT2D eigenvalue weighted by atomic mass is 10.0. The number of primary amides is 2. The summed E-state index contributed by atoms with van der Waals surface area (Å²) in [5, 5.41) is 20.0. The van der Waals surface area contributed by atoms with Crippen molar-refractivity contribution in [3.8, 4) is 5.75 Å². The minimum Gasteiger partial charge on any atom is -0.508 e. The second-order valence-electron chi connectivity index (χ2n) is 10.6. The molecule has 0 bridgehead atoms. The van der Waals surface area contributed by atoms with Gasteiger partial charge in [-0.05, 0) is 54.7 Å². The lowest BCUT2D eigenvalue weighted by molar-refractivity contribution is -0.132. The molecule has 0 aliphatic carbocycles. The Morgan fingerprint density at radius 3 is 2.02 bits per heavy atom. The zero-order valence-electron chi connectivity index (χ0n) is 25.1. The first-order valence-corrected chi connectivity index (χ1v) is 14.5. The summed E-state index contributed by atoms with van der Waals surface area (Å²) in [7, 11) is 0. The van der Waals surface area contributed by atoms with Crippen LogP contribution in [0.25, 0.3) is 0 Å². The quantitative estimate of drug-likeness (QED) is 0.0762. The second-order valence-corrected chi connectivity index (χ2v) is 10.6. The van der Waals surface area contributed by atoms with E-state index >= 15 is 0 Å². The molecule has 46 heavy (non-hydrogen) atoms. The van der Waals surface area contributed by atoms with Gasteiger partial charge in [0.25, 0.3) is 0 Å². The number of aromatic hydroxyl groups is 1. The van der Waals surface area contributed by atoms with Crippen LogP contribution < -0.4 is 38.5 Å². The summed E-state index contributed by atoms with van der Waals surface area (Å²) in [6, 6.07) is 13.0. The molecule has 4 atom stereocenters. The van der Waals surface area contributed by atoms with Gasteiger partial charge in [0.2, 0.25) is 23.6 Å². The van der Waals surface area contributed by atoms with Crippen LogP contribution in [-0.2, 0) is 32.0 Å². The van der Waals surface area contributed by atoms with Crippen molar-refractivity contribution in [3.63, 3.8) is 0 Å². The highest BCUT2D eigenvalue weighted by Gasteiger charge is 2.31. The molecule has 0 saturated carbocycles. The van der Waals surface area contributed by atoms with Crippen molar-refractivity contribution in [2.45, 2.75) is 49.9 Å². The molecule has 11 N–H and O–H groups in total. The molecule has 0 unspecified atom stereocenters. The number of hydrogen-bond donors (Lipinski definition) is 8. The van der Waals surface area contributed by atoms with Gasteiger partial charge in [0.15, 0.2) is 0 Å². The fourth-order valence-electron chi connectivity index (χ4n) is 4.55. The average molecular weight is 634 g/mol. The largest absolute Gasteiger partial charge is 0.508 e. The van der Waals surface area contributed by atoms with Crippen LogP contribution in [0.1, 0.15) is 35.8 Å². The number of carbonyl (C=O) groups excluding carboxylic acids is 5. The Labute approximate surface area is 265 Å². The number of phenolic OH excluding ortho intramolecular Hbond substituents is 1. The van der Waals surface area contributed by atoms with Crippen molar-refractivity contribution >= 4 is 29.7 Å². The van der Waals surface area contributed by atoms with E-state index in [4.69, 9.17) is 21.6 Å². The molecule has 1 heterocycles. The number of urea groups is 1. The van der Waals surface area contributed by atoms with Gasteiger partial charge in [-0.3, -0.25) is 19.2 Å². The Hall–Kier alpha value is -5.63. The van der Waals surface area contributed by atoms with E-state index in [1.807, 2.05) is 0 Å². The fraction of sp³-hybridized carbons (Fsp3) is 0.281. The van der Waals surface area contributed by atoms with Gasteiger partial charge in [-0.15, -0.1) is 0 Å². The maximum atomic E-state index is 13.7. The van der Waals surface area contributed by atoms with Crippen molar-refractivity contribution in [1.82, 2.24) is 21.3 Å². The van der Waals surface area contributed by atoms with E-state index in [2.05, 4.69) is 27.8 Å². The van der Waals surface area contributed by atoms with Crippen molar-refractivity contribution in [1.29, 1.82) is 0 Å². The van der Waals surface area contributed by atoms with E-state index in [1.165, 1.54) is 24.5 Å².